The molecule has 1 saturated carbocycles. The summed E-state index contributed by atoms with van der Waals surface area (Å²) in [6, 6.07) is 16.8. The van der Waals surface area contributed by atoms with Crippen LogP contribution < -0.4 is 10.2 Å². The quantitative estimate of drug-likeness (QED) is 0.610. The van der Waals surface area contributed by atoms with Gasteiger partial charge in [-0.1, -0.05) is 43.2 Å². The number of anilines is 2. The number of fused-ring (bicyclic) bond motifs is 1. The van der Waals surface area contributed by atoms with E-state index >= 15 is 0 Å². The van der Waals surface area contributed by atoms with Gasteiger partial charge in [0, 0.05) is 11.8 Å². The molecule has 0 atom stereocenters. The highest BCUT2D eigenvalue weighted by molar-refractivity contribution is 6.15. The summed E-state index contributed by atoms with van der Waals surface area (Å²) in [6.07, 6.45) is 6.28. The van der Waals surface area contributed by atoms with Crippen LogP contribution in [0.25, 0.3) is 5.69 Å². The molecule has 33 heavy (non-hydrogen) atoms. The summed E-state index contributed by atoms with van der Waals surface area (Å²) in [4.78, 5) is 40.2. The van der Waals surface area contributed by atoms with Crippen molar-refractivity contribution in [3.63, 3.8) is 0 Å². The van der Waals surface area contributed by atoms with Crippen LogP contribution in [-0.4, -0.2) is 39.7 Å². The Morgan fingerprint density at radius 3 is 2.55 bits per heavy atom. The summed E-state index contributed by atoms with van der Waals surface area (Å²) in [7, 11) is 0. The number of nitrogens with one attached hydrogen (secondary N) is 1. The number of amides is 2. The molecule has 8 nitrogen and oxygen atoms in total. The Labute approximate surface area is 191 Å². The molecule has 1 N–H and O–H groups in total. The SMILES string of the molecule is O=C(Cc1cnn(-c2ccccc2)c1)OCC(=O)N1c2ccccc2NC(=O)C12CCCC2. The van der Waals surface area contributed by atoms with E-state index in [1.807, 2.05) is 48.5 Å². The molecule has 3 aromatic rings. The highest BCUT2D eigenvalue weighted by atomic mass is 16.5. The van der Waals surface area contributed by atoms with E-state index in [9.17, 15) is 14.4 Å². The average molecular weight is 444 g/mol. The molecule has 168 valence electrons. The number of ether oxygens (including phenoxy) is 1. The second-order valence-corrected chi connectivity index (χ2v) is 8.41. The minimum Gasteiger partial charge on any atom is -0.455 e. The summed E-state index contributed by atoms with van der Waals surface area (Å²) < 4.78 is 7.01. The molecule has 1 spiro atoms. The topological polar surface area (TPSA) is 93.5 Å². The minimum atomic E-state index is -0.922. The Morgan fingerprint density at radius 2 is 1.76 bits per heavy atom. The van der Waals surface area contributed by atoms with E-state index in [1.165, 1.54) is 0 Å². The standard InChI is InChI=1S/C25H24N4O4/c30-22(17-33-23(31)14-18-15-26-28(16-18)19-8-2-1-3-9-19)29-21-11-5-4-10-20(21)27-24(32)25(29)12-6-7-13-25/h1-5,8-11,15-16H,6-7,12-14,17H2,(H,27,32). The van der Waals surface area contributed by atoms with Gasteiger partial charge >= 0.3 is 5.97 Å². The van der Waals surface area contributed by atoms with Crippen LogP contribution >= 0.6 is 0 Å². The first-order valence-corrected chi connectivity index (χ1v) is 11.0. The van der Waals surface area contributed by atoms with Gasteiger partial charge in [0.1, 0.15) is 5.54 Å². The van der Waals surface area contributed by atoms with Gasteiger partial charge < -0.3 is 10.1 Å². The van der Waals surface area contributed by atoms with Crippen molar-refractivity contribution in [3.8, 4) is 5.69 Å². The Bertz CT molecular complexity index is 1200. The fourth-order valence-electron chi connectivity index (χ4n) is 4.73. The van der Waals surface area contributed by atoms with E-state index in [1.54, 1.807) is 28.0 Å². The molecule has 0 bridgehead atoms. The lowest BCUT2D eigenvalue weighted by Gasteiger charge is -2.44. The molecular formula is C25H24N4O4. The van der Waals surface area contributed by atoms with E-state index in [0.717, 1.165) is 18.5 Å². The number of carbonyl (C=O) groups is 3. The van der Waals surface area contributed by atoms with Crippen molar-refractivity contribution >= 4 is 29.2 Å². The van der Waals surface area contributed by atoms with Gasteiger partial charge in [0.2, 0.25) is 0 Å². The van der Waals surface area contributed by atoms with Crippen molar-refractivity contribution in [2.75, 3.05) is 16.8 Å². The second kappa shape index (κ2) is 8.54. The second-order valence-electron chi connectivity index (χ2n) is 8.41. The van der Waals surface area contributed by atoms with Crippen LogP contribution in [0.1, 0.15) is 31.2 Å². The van der Waals surface area contributed by atoms with Gasteiger partial charge in [0.15, 0.2) is 6.61 Å². The number of aromatic nitrogens is 2. The van der Waals surface area contributed by atoms with Crippen LogP contribution in [0.4, 0.5) is 11.4 Å². The molecule has 0 radical (unpaired) electrons. The molecule has 2 heterocycles. The van der Waals surface area contributed by atoms with Crippen LogP contribution in [0.15, 0.2) is 67.0 Å². The van der Waals surface area contributed by atoms with E-state index in [-0.39, 0.29) is 12.3 Å². The van der Waals surface area contributed by atoms with Gasteiger partial charge in [0.05, 0.1) is 29.7 Å². The Balaban J connectivity index is 1.28. The Kier molecular flexibility index (Phi) is 5.42. The highest BCUT2D eigenvalue weighted by Gasteiger charge is 2.52. The van der Waals surface area contributed by atoms with E-state index in [2.05, 4.69) is 10.4 Å². The maximum Gasteiger partial charge on any atom is 0.310 e. The van der Waals surface area contributed by atoms with Gasteiger partial charge in [-0.2, -0.15) is 5.10 Å². The third-order valence-electron chi connectivity index (χ3n) is 6.29. The van der Waals surface area contributed by atoms with E-state index in [4.69, 9.17) is 4.74 Å². The highest BCUT2D eigenvalue weighted by Crippen LogP contribution is 2.45. The summed E-state index contributed by atoms with van der Waals surface area (Å²) >= 11 is 0. The number of carbonyl (C=O) groups excluding carboxylic acids is 3. The number of hydrogen-bond acceptors (Lipinski definition) is 5. The van der Waals surface area contributed by atoms with Crippen LogP contribution in [0.2, 0.25) is 0 Å². The number of rotatable bonds is 5. The zero-order valence-electron chi connectivity index (χ0n) is 18.1. The van der Waals surface area contributed by atoms with Crippen molar-refractivity contribution in [1.29, 1.82) is 0 Å². The van der Waals surface area contributed by atoms with Crippen LogP contribution in [-0.2, 0) is 25.5 Å². The first-order chi connectivity index (χ1) is 16.1. The third kappa shape index (κ3) is 3.88. The predicted molar refractivity (Wildman–Crippen MR) is 122 cm³/mol. The van der Waals surface area contributed by atoms with Gasteiger partial charge in [-0.05, 0) is 37.1 Å². The zero-order chi connectivity index (χ0) is 22.8. The number of hydrogen-bond donors (Lipinski definition) is 1. The normalized spacial score (nSPS) is 16.4. The van der Waals surface area contributed by atoms with Crippen molar-refractivity contribution in [2.45, 2.75) is 37.6 Å². The third-order valence-corrected chi connectivity index (χ3v) is 6.29. The Hall–Kier alpha value is -3.94. The largest absolute Gasteiger partial charge is 0.455 e. The number of nitrogens with zero attached hydrogens (tertiary/aromatic N) is 3. The summed E-state index contributed by atoms with van der Waals surface area (Å²) in [5.74, 6) is -1.09. The molecule has 2 aliphatic rings. The van der Waals surface area contributed by atoms with Gasteiger partial charge in [0.25, 0.3) is 11.8 Å². The van der Waals surface area contributed by atoms with Gasteiger partial charge in [-0.15, -0.1) is 0 Å². The predicted octanol–water partition coefficient (Wildman–Crippen LogP) is 3.26. The van der Waals surface area contributed by atoms with Gasteiger partial charge in [-0.25, -0.2) is 4.68 Å². The van der Waals surface area contributed by atoms with Crippen molar-refractivity contribution < 1.29 is 19.1 Å². The molecule has 1 fully saturated rings. The summed E-state index contributed by atoms with van der Waals surface area (Å²) in [5.41, 5.74) is 1.88. The first-order valence-electron chi connectivity index (χ1n) is 11.0. The average Bonchev–Trinajstić information content (AvgIpc) is 3.50. The van der Waals surface area contributed by atoms with Gasteiger partial charge in [-0.3, -0.25) is 19.3 Å². The summed E-state index contributed by atoms with van der Waals surface area (Å²) in [6.45, 7) is -0.422. The van der Waals surface area contributed by atoms with Crippen molar-refractivity contribution in [2.24, 2.45) is 0 Å². The van der Waals surface area contributed by atoms with Crippen molar-refractivity contribution in [3.05, 3.63) is 72.6 Å². The van der Waals surface area contributed by atoms with E-state index < -0.39 is 24.0 Å². The smallest absolute Gasteiger partial charge is 0.310 e. The molecular weight excluding hydrogens is 420 g/mol. The number of esters is 1. The lowest BCUT2D eigenvalue weighted by atomic mass is 9.90. The maximum absolute atomic E-state index is 13.3. The maximum atomic E-state index is 13.3. The van der Waals surface area contributed by atoms with E-state index in [0.29, 0.717) is 29.8 Å². The fourth-order valence-corrected chi connectivity index (χ4v) is 4.73. The van der Waals surface area contributed by atoms with Crippen LogP contribution in [0.5, 0.6) is 0 Å². The Morgan fingerprint density at radius 1 is 1.03 bits per heavy atom. The lowest BCUT2D eigenvalue weighted by molar-refractivity contribution is -0.147. The molecule has 1 aliphatic heterocycles. The first kappa shape index (κ1) is 20.9. The molecule has 5 rings (SSSR count). The fraction of sp³-hybridized carbons (Fsp3) is 0.280. The molecule has 1 aliphatic carbocycles. The number of benzene rings is 2. The molecule has 8 heteroatoms. The van der Waals surface area contributed by atoms with Crippen LogP contribution in [0.3, 0.4) is 0 Å². The van der Waals surface area contributed by atoms with Crippen molar-refractivity contribution in [1.82, 2.24) is 9.78 Å². The molecule has 2 amide bonds. The molecule has 1 aromatic heterocycles. The number of para-hydroxylation sites is 3. The summed E-state index contributed by atoms with van der Waals surface area (Å²) in [5, 5.41) is 7.22. The molecule has 0 unspecified atom stereocenters. The molecule has 0 saturated heterocycles. The monoisotopic (exact) mass is 444 g/mol. The zero-order valence-corrected chi connectivity index (χ0v) is 18.1. The van der Waals surface area contributed by atoms with Crippen LogP contribution in [0, 0.1) is 0 Å². The minimum absolute atomic E-state index is 0.00231. The molecule has 2 aromatic carbocycles. The lowest BCUT2D eigenvalue weighted by Crippen LogP contribution is -2.61.